The molecule has 0 saturated carbocycles. The standard InChI is InChI=1S/C21H18BrN3O3/c1-12-19-17(20(27)13-3-5-14(22)6-4-13)11-18(26)23-21(19)25(24-12)15-7-9-16(28-2)10-8-15/h3-10,17H,11H2,1-2H3,(H,23,26)/t17-/m1/s1. The number of carbonyl (C=O) groups excluding carboxylic acids is 2. The molecule has 0 radical (unpaired) electrons. The average Bonchev–Trinajstić information content (AvgIpc) is 3.03. The van der Waals surface area contributed by atoms with Crippen molar-refractivity contribution in [1.29, 1.82) is 0 Å². The number of rotatable bonds is 4. The van der Waals surface area contributed by atoms with E-state index in [0.29, 0.717) is 11.4 Å². The number of fused-ring (bicyclic) bond motifs is 1. The number of halogens is 1. The Bertz CT molecular complexity index is 1060. The molecule has 142 valence electrons. The zero-order valence-electron chi connectivity index (χ0n) is 15.4. The second kappa shape index (κ2) is 7.24. The van der Waals surface area contributed by atoms with Gasteiger partial charge in [-0.2, -0.15) is 5.10 Å². The molecule has 2 aromatic carbocycles. The number of ketones is 1. The zero-order chi connectivity index (χ0) is 19.8. The van der Waals surface area contributed by atoms with Crippen molar-refractivity contribution < 1.29 is 14.3 Å². The number of methoxy groups -OCH3 is 1. The summed E-state index contributed by atoms with van der Waals surface area (Å²) in [5, 5.41) is 7.49. The van der Waals surface area contributed by atoms with Crippen LogP contribution in [0.1, 0.15) is 34.0 Å². The first-order chi connectivity index (χ1) is 13.5. The number of aromatic nitrogens is 2. The third-order valence-electron chi connectivity index (χ3n) is 4.86. The maximum Gasteiger partial charge on any atom is 0.226 e. The quantitative estimate of drug-likeness (QED) is 0.616. The number of nitrogens with one attached hydrogen (secondary N) is 1. The van der Waals surface area contributed by atoms with Gasteiger partial charge in [-0.25, -0.2) is 4.68 Å². The molecule has 1 amide bonds. The molecule has 1 aliphatic heterocycles. The lowest BCUT2D eigenvalue weighted by atomic mass is 9.85. The molecule has 1 N–H and O–H groups in total. The third-order valence-corrected chi connectivity index (χ3v) is 5.39. The van der Waals surface area contributed by atoms with Gasteiger partial charge < -0.3 is 10.1 Å². The number of anilines is 1. The van der Waals surface area contributed by atoms with Gasteiger partial charge in [-0.1, -0.05) is 28.1 Å². The third kappa shape index (κ3) is 3.22. The molecule has 1 aromatic heterocycles. The molecule has 7 heteroatoms. The maximum absolute atomic E-state index is 13.2. The number of aryl methyl sites for hydroxylation is 1. The summed E-state index contributed by atoms with van der Waals surface area (Å²) in [5.74, 6) is 0.443. The van der Waals surface area contributed by atoms with Gasteiger partial charge in [0.25, 0.3) is 0 Å². The molecule has 1 aliphatic rings. The van der Waals surface area contributed by atoms with E-state index in [9.17, 15) is 9.59 Å². The van der Waals surface area contributed by atoms with Gasteiger partial charge in [0.2, 0.25) is 5.91 Å². The van der Waals surface area contributed by atoms with Crippen molar-refractivity contribution in [1.82, 2.24) is 9.78 Å². The van der Waals surface area contributed by atoms with Crippen molar-refractivity contribution in [2.75, 3.05) is 12.4 Å². The largest absolute Gasteiger partial charge is 0.497 e. The van der Waals surface area contributed by atoms with E-state index < -0.39 is 5.92 Å². The number of benzene rings is 2. The van der Waals surface area contributed by atoms with Gasteiger partial charge in [-0.05, 0) is 43.3 Å². The minimum atomic E-state index is -0.558. The highest BCUT2D eigenvalue weighted by Gasteiger charge is 2.36. The molecule has 2 heterocycles. The Morgan fingerprint density at radius 1 is 1.18 bits per heavy atom. The van der Waals surface area contributed by atoms with E-state index in [0.717, 1.165) is 27.2 Å². The molecule has 0 spiro atoms. The monoisotopic (exact) mass is 439 g/mol. The summed E-state index contributed by atoms with van der Waals surface area (Å²) in [5.41, 5.74) is 2.84. The highest BCUT2D eigenvalue weighted by molar-refractivity contribution is 9.10. The number of hydrogen-bond donors (Lipinski definition) is 1. The van der Waals surface area contributed by atoms with Gasteiger partial charge in [-0.3, -0.25) is 9.59 Å². The van der Waals surface area contributed by atoms with Crippen LogP contribution in [-0.4, -0.2) is 28.6 Å². The maximum atomic E-state index is 13.2. The van der Waals surface area contributed by atoms with E-state index in [-0.39, 0.29) is 18.1 Å². The van der Waals surface area contributed by atoms with Crippen molar-refractivity contribution in [3.63, 3.8) is 0 Å². The molecular weight excluding hydrogens is 422 g/mol. The van der Waals surface area contributed by atoms with E-state index in [1.807, 2.05) is 43.3 Å². The minimum Gasteiger partial charge on any atom is -0.497 e. The lowest BCUT2D eigenvalue weighted by Gasteiger charge is -2.23. The highest BCUT2D eigenvalue weighted by Crippen LogP contribution is 2.38. The number of Topliss-reactive ketones (excluding diaryl/α,β-unsaturated/α-hetero) is 1. The highest BCUT2D eigenvalue weighted by atomic mass is 79.9. The van der Waals surface area contributed by atoms with E-state index in [2.05, 4.69) is 26.3 Å². The first kappa shape index (κ1) is 18.4. The van der Waals surface area contributed by atoms with E-state index in [1.54, 1.807) is 23.9 Å². The van der Waals surface area contributed by atoms with Crippen LogP contribution in [0.3, 0.4) is 0 Å². The van der Waals surface area contributed by atoms with Crippen molar-refractivity contribution in [2.24, 2.45) is 0 Å². The summed E-state index contributed by atoms with van der Waals surface area (Å²) in [6, 6.07) is 14.6. The van der Waals surface area contributed by atoms with Gasteiger partial charge in [0.05, 0.1) is 24.4 Å². The summed E-state index contributed by atoms with van der Waals surface area (Å²) in [7, 11) is 1.60. The zero-order valence-corrected chi connectivity index (χ0v) is 17.0. The van der Waals surface area contributed by atoms with Crippen molar-refractivity contribution in [3.8, 4) is 11.4 Å². The number of amides is 1. The van der Waals surface area contributed by atoms with Gasteiger partial charge in [0.15, 0.2) is 5.78 Å². The van der Waals surface area contributed by atoms with Gasteiger partial charge >= 0.3 is 0 Å². The predicted octanol–water partition coefficient (Wildman–Crippen LogP) is 4.26. The van der Waals surface area contributed by atoms with Crippen LogP contribution in [0.4, 0.5) is 5.82 Å². The van der Waals surface area contributed by atoms with E-state index in [4.69, 9.17) is 4.74 Å². The number of carbonyl (C=O) groups is 2. The molecule has 0 unspecified atom stereocenters. The number of hydrogen-bond acceptors (Lipinski definition) is 4. The molecule has 0 bridgehead atoms. The van der Waals surface area contributed by atoms with Crippen LogP contribution in [0.25, 0.3) is 5.69 Å². The summed E-state index contributed by atoms with van der Waals surface area (Å²) in [6.45, 7) is 1.86. The number of ether oxygens (including phenoxy) is 1. The van der Waals surface area contributed by atoms with Crippen LogP contribution in [0.2, 0.25) is 0 Å². The normalized spacial score (nSPS) is 15.7. The molecule has 0 fully saturated rings. The van der Waals surface area contributed by atoms with Crippen LogP contribution in [0.5, 0.6) is 5.75 Å². The molecular formula is C21H18BrN3O3. The smallest absolute Gasteiger partial charge is 0.226 e. The summed E-state index contributed by atoms with van der Waals surface area (Å²) >= 11 is 3.38. The minimum absolute atomic E-state index is 0.0824. The molecule has 3 aromatic rings. The fraction of sp³-hybridized carbons (Fsp3) is 0.190. The van der Waals surface area contributed by atoms with Gasteiger partial charge in [-0.15, -0.1) is 0 Å². The first-order valence-corrected chi connectivity index (χ1v) is 9.61. The number of nitrogens with zero attached hydrogens (tertiary/aromatic N) is 2. The van der Waals surface area contributed by atoms with Crippen LogP contribution in [-0.2, 0) is 4.79 Å². The Labute approximate surface area is 170 Å². The van der Waals surface area contributed by atoms with Crippen molar-refractivity contribution in [2.45, 2.75) is 19.3 Å². The fourth-order valence-corrected chi connectivity index (χ4v) is 3.76. The summed E-state index contributed by atoms with van der Waals surface area (Å²) in [4.78, 5) is 25.5. The van der Waals surface area contributed by atoms with Crippen LogP contribution >= 0.6 is 15.9 Å². The molecule has 0 saturated heterocycles. The molecule has 0 aliphatic carbocycles. The van der Waals surface area contributed by atoms with E-state index in [1.165, 1.54) is 0 Å². The summed E-state index contributed by atoms with van der Waals surface area (Å²) in [6.07, 6.45) is 0.108. The molecule has 28 heavy (non-hydrogen) atoms. The van der Waals surface area contributed by atoms with Crippen LogP contribution in [0, 0.1) is 6.92 Å². The van der Waals surface area contributed by atoms with Crippen LogP contribution in [0.15, 0.2) is 53.0 Å². The Morgan fingerprint density at radius 2 is 1.86 bits per heavy atom. The lowest BCUT2D eigenvalue weighted by Crippen LogP contribution is -2.28. The van der Waals surface area contributed by atoms with Crippen LogP contribution < -0.4 is 10.1 Å². The van der Waals surface area contributed by atoms with Gasteiger partial charge in [0, 0.05) is 22.0 Å². The van der Waals surface area contributed by atoms with Crippen molar-refractivity contribution >= 4 is 33.4 Å². The molecule has 6 nitrogen and oxygen atoms in total. The summed E-state index contributed by atoms with van der Waals surface area (Å²) < 4.78 is 7.77. The lowest BCUT2D eigenvalue weighted by molar-refractivity contribution is -0.116. The molecule has 4 rings (SSSR count). The van der Waals surface area contributed by atoms with E-state index >= 15 is 0 Å². The average molecular weight is 440 g/mol. The SMILES string of the molecule is COc1ccc(-n2nc(C)c3c2NC(=O)C[C@H]3C(=O)c2ccc(Br)cc2)cc1. The second-order valence-electron chi connectivity index (χ2n) is 6.63. The second-order valence-corrected chi connectivity index (χ2v) is 7.55. The Hall–Kier alpha value is -2.93. The van der Waals surface area contributed by atoms with Gasteiger partial charge in [0.1, 0.15) is 11.6 Å². The Kier molecular flexibility index (Phi) is 4.77. The first-order valence-electron chi connectivity index (χ1n) is 8.81. The van der Waals surface area contributed by atoms with Crippen molar-refractivity contribution in [3.05, 3.63) is 69.8 Å². The Morgan fingerprint density at radius 3 is 2.50 bits per heavy atom. The Balaban J connectivity index is 1.78. The topological polar surface area (TPSA) is 73.2 Å². The predicted molar refractivity (Wildman–Crippen MR) is 109 cm³/mol. The fourth-order valence-electron chi connectivity index (χ4n) is 3.50. The molecule has 1 atom stereocenters.